The molecule has 0 atom stereocenters. The second-order valence-electron chi connectivity index (χ2n) is 8.08. The molecular weight excluding hydrogens is 489 g/mol. The summed E-state index contributed by atoms with van der Waals surface area (Å²) in [6.45, 7) is 7.58. The predicted octanol–water partition coefficient (Wildman–Crippen LogP) is 4.56. The van der Waals surface area contributed by atoms with Crippen molar-refractivity contribution in [2.75, 3.05) is 57.2 Å². The van der Waals surface area contributed by atoms with Crippen molar-refractivity contribution in [1.82, 2.24) is 14.9 Å². The molecule has 2 heterocycles. The second kappa shape index (κ2) is 12.0. The molecule has 36 heavy (non-hydrogen) atoms. The van der Waals surface area contributed by atoms with Crippen LogP contribution in [-0.2, 0) is 9.53 Å². The molecule has 9 nitrogen and oxygen atoms in total. The normalized spacial score (nSPS) is 13.9. The van der Waals surface area contributed by atoms with Gasteiger partial charge in [-0.2, -0.15) is 0 Å². The third kappa shape index (κ3) is 6.39. The lowest BCUT2D eigenvalue weighted by atomic mass is 10.1. The first kappa shape index (κ1) is 25.6. The number of carbonyl (C=O) groups is 1. The number of carbonyl (C=O) groups excluding carboxylic acids is 1. The minimum atomic E-state index is -1.11. The fourth-order valence-corrected chi connectivity index (χ4v) is 3.95. The number of benzene rings is 2. The Morgan fingerprint density at radius 2 is 2.03 bits per heavy atom. The van der Waals surface area contributed by atoms with Gasteiger partial charge in [0.15, 0.2) is 5.83 Å². The minimum absolute atomic E-state index is 0.282. The fourth-order valence-electron chi connectivity index (χ4n) is 3.76. The van der Waals surface area contributed by atoms with Gasteiger partial charge in [0.25, 0.3) is 5.91 Å². The molecule has 1 aliphatic rings. The lowest BCUT2D eigenvalue weighted by Gasteiger charge is -2.26. The number of aromatic nitrogens is 2. The summed E-state index contributed by atoms with van der Waals surface area (Å²) in [4.78, 5) is 23.1. The molecule has 1 fully saturated rings. The van der Waals surface area contributed by atoms with Crippen LogP contribution >= 0.6 is 11.6 Å². The van der Waals surface area contributed by atoms with Crippen molar-refractivity contribution in [3.63, 3.8) is 0 Å². The Morgan fingerprint density at radius 1 is 1.22 bits per heavy atom. The SMILES string of the molecule is C=C(F)C(=O)Nc1cc2c(Nc3ccc(Cl)c(OC)c3)ncnc2cc1OCCCN1CCOCC1. The second-order valence-corrected chi connectivity index (χ2v) is 8.48. The number of ether oxygens (including phenoxy) is 3. The van der Waals surface area contributed by atoms with Crippen LogP contribution in [0.5, 0.6) is 11.5 Å². The number of nitrogens with one attached hydrogen (secondary N) is 2. The fraction of sp³-hybridized carbons (Fsp3) is 0.320. The number of nitrogens with zero attached hydrogens (tertiary/aromatic N) is 3. The van der Waals surface area contributed by atoms with Crippen LogP contribution < -0.4 is 20.1 Å². The summed E-state index contributed by atoms with van der Waals surface area (Å²) >= 11 is 6.12. The molecule has 0 saturated carbocycles. The average molecular weight is 516 g/mol. The van der Waals surface area contributed by atoms with Crippen LogP contribution in [0.1, 0.15) is 6.42 Å². The maximum Gasteiger partial charge on any atom is 0.283 e. The molecule has 1 aliphatic heterocycles. The quantitative estimate of drug-likeness (QED) is 0.299. The van der Waals surface area contributed by atoms with Gasteiger partial charge in [0.1, 0.15) is 23.6 Å². The molecule has 1 aromatic heterocycles. The van der Waals surface area contributed by atoms with Crippen LogP contribution in [0, 0.1) is 0 Å². The van der Waals surface area contributed by atoms with Crippen molar-refractivity contribution < 1.29 is 23.4 Å². The van der Waals surface area contributed by atoms with E-state index in [4.69, 9.17) is 25.8 Å². The molecule has 11 heteroatoms. The molecule has 4 rings (SSSR count). The topological polar surface area (TPSA) is 97.8 Å². The Hall–Kier alpha value is -3.47. The zero-order valence-corrected chi connectivity index (χ0v) is 20.6. The van der Waals surface area contributed by atoms with Crippen LogP contribution in [0.15, 0.2) is 49.1 Å². The van der Waals surface area contributed by atoms with Gasteiger partial charge in [0.2, 0.25) is 0 Å². The molecular formula is C25H27ClFN5O4. The first-order valence-corrected chi connectivity index (χ1v) is 11.8. The molecule has 0 bridgehead atoms. The van der Waals surface area contributed by atoms with E-state index in [2.05, 4.69) is 32.1 Å². The number of morpholine rings is 1. The van der Waals surface area contributed by atoms with E-state index in [1.165, 1.54) is 13.4 Å². The van der Waals surface area contributed by atoms with Crippen molar-refractivity contribution in [2.45, 2.75) is 6.42 Å². The molecule has 0 aliphatic carbocycles. The number of fused-ring (bicyclic) bond motifs is 1. The number of anilines is 3. The lowest BCUT2D eigenvalue weighted by Crippen LogP contribution is -2.37. The summed E-state index contributed by atoms with van der Waals surface area (Å²) in [6, 6.07) is 8.55. The predicted molar refractivity (Wildman–Crippen MR) is 137 cm³/mol. The van der Waals surface area contributed by atoms with Crippen molar-refractivity contribution in [3.8, 4) is 11.5 Å². The molecule has 2 aromatic carbocycles. The summed E-state index contributed by atoms with van der Waals surface area (Å²) < 4.78 is 30.1. The Labute approximate surface area is 213 Å². The summed E-state index contributed by atoms with van der Waals surface area (Å²) in [7, 11) is 1.53. The van der Waals surface area contributed by atoms with Gasteiger partial charge >= 0.3 is 0 Å². The van der Waals surface area contributed by atoms with Gasteiger partial charge in [-0.05, 0) is 24.6 Å². The van der Waals surface area contributed by atoms with E-state index in [1.54, 1.807) is 30.3 Å². The maximum absolute atomic E-state index is 13.5. The summed E-state index contributed by atoms with van der Waals surface area (Å²) in [5.74, 6) is -0.720. The van der Waals surface area contributed by atoms with Gasteiger partial charge in [-0.15, -0.1) is 0 Å². The van der Waals surface area contributed by atoms with Gasteiger partial charge < -0.3 is 24.8 Å². The van der Waals surface area contributed by atoms with Crippen molar-refractivity contribution in [2.24, 2.45) is 0 Å². The Morgan fingerprint density at radius 3 is 2.78 bits per heavy atom. The van der Waals surface area contributed by atoms with E-state index in [1.807, 2.05) is 0 Å². The number of rotatable bonds is 10. The smallest absolute Gasteiger partial charge is 0.283 e. The highest BCUT2D eigenvalue weighted by Crippen LogP contribution is 2.35. The van der Waals surface area contributed by atoms with Gasteiger partial charge in [-0.3, -0.25) is 9.69 Å². The van der Waals surface area contributed by atoms with Crippen LogP contribution in [0.4, 0.5) is 21.6 Å². The van der Waals surface area contributed by atoms with Gasteiger partial charge in [0, 0.05) is 42.8 Å². The minimum Gasteiger partial charge on any atom is -0.495 e. The highest BCUT2D eigenvalue weighted by atomic mass is 35.5. The molecule has 3 aromatic rings. The molecule has 0 spiro atoms. The van der Waals surface area contributed by atoms with Gasteiger partial charge in [-0.1, -0.05) is 18.2 Å². The molecule has 1 saturated heterocycles. The van der Waals surface area contributed by atoms with Crippen molar-refractivity contribution in [1.29, 1.82) is 0 Å². The Balaban J connectivity index is 1.58. The van der Waals surface area contributed by atoms with Crippen molar-refractivity contribution in [3.05, 3.63) is 54.1 Å². The van der Waals surface area contributed by atoms with E-state index >= 15 is 0 Å². The van der Waals surface area contributed by atoms with E-state index in [-0.39, 0.29) is 5.69 Å². The molecule has 190 valence electrons. The lowest BCUT2D eigenvalue weighted by molar-refractivity contribution is -0.114. The van der Waals surface area contributed by atoms with Crippen LogP contribution in [0.3, 0.4) is 0 Å². The summed E-state index contributed by atoms with van der Waals surface area (Å²) in [5.41, 5.74) is 1.54. The average Bonchev–Trinajstić information content (AvgIpc) is 2.88. The van der Waals surface area contributed by atoms with Crippen LogP contribution in [0.25, 0.3) is 10.9 Å². The Kier molecular flexibility index (Phi) is 8.52. The van der Waals surface area contributed by atoms with E-state index in [0.29, 0.717) is 45.5 Å². The van der Waals surface area contributed by atoms with E-state index < -0.39 is 11.7 Å². The number of hydrogen-bond acceptors (Lipinski definition) is 8. The molecule has 2 N–H and O–H groups in total. The van der Waals surface area contributed by atoms with Crippen molar-refractivity contribution >= 4 is 45.6 Å². The molecule has 1 amide bonds. The number of methoxy groups -OCH3 is 1. The number of amides is 1. The number of hydrogen-bond donors (Lipinski definition) is 2. The third-order valence-electron chi connectivity index (χ3n) is 5.63. The number of halogens is 2. The third-order valence-corrected chi connectivity index (χ3v) is 5.94. The highest BCUT2D eigenvalue weighted by Gasteiger charge is 2.16. The summed E-state index contributed by atoms with van der Waals surface area (Å²) in [6.07, 6.45) is 2.19. The van der Waals surface area contributed by atoms with Crippen LogP contribution in [0.2, 0.25) is 5.02 Å². The Bertz CT molecular complexity index is 1250. The highest BCUT2D eigenvalue weighted by molar-refractivity contribution is 6.32. The molecule has 0 unspecified atom stereocenters. The zero-order valence-electron chi connectivity index (χ0n) is 19.9. The largest absolute Gasteiger partial charge is 0.495 e. The first-order valence-electron chi connectivity index (χ1n) is 11.4. The standard InChI is InChI=1S/C25H27ClFN5O4/c1-16(27)25(33)31-21-13-18-20(14-23(21)36-9-3-6-32-7-10-35-11-8-32)28-15-29-24(18)30-17-4-5-19(26)22(12-17)34-2/h4-5,12-15H,1,3,6-11H2,2H3,(H,31,33)(H,28,29,30). The summed E-state index contributed by atoms with van der Waals surface area (Å²) in [5, 5.41) is 6.80. The van der Waals surface area contributed by atoms with Gasteiger partial charge in [-0.25, -0.2) is 14.4 Å². The van der Waals surface area contributed by atoms with Gasteiger partial charge in [0.05, 0.1) is 43.2 Å². The molecule has 0 radical (unpaired) electrons. The zero-order chi connectivity index (χ0) is 25.5. The maximum atomic E-state index is 13.5. The monoisotopic (exact) mass is 515 g/mol. The first-order chi connectivity index (χ1) is 17.4. The van der Waals surface area contributed by atoms with E-state index in [9.17, 15) is 9.18 Å². The van der Waals surface area contributed by atoms with E-state index in [0.717, 1.165) is 39.3 Å². The van der Waals surface area contributed by atoms with Crippen LogP contribution in [-0.4, -0.2) is 67.3 Å².